The molecule has 1 aliphatic heterocycles. The van der Waals surface area contributed by atoms with Crippen LogP contribution in [0.3, 0.4) is 0 Å². The van der Waals surface area contributed by atoms with Gasteiger partial charge in [0.05, 0.1) is 11.4 Å². The number of likely N-dealkylation sites (N-methyl/N-ethyl adjacent to an activating group) is 1. The summed E-state index contributed by atoms with van der Waals surface area (Å²) in [7, 11) is 2.12. The zero-order valence-electron chi connectivity index (χ0n) is 16.8. The van der Waals surface area contributed by atoms with Gasteiger partial charge in [-0.1, -0.05) is 30.0 Å². The standard InChI is InChI=1S/C22H26N4O2S/c1-17(27)23-20-10-8-18(9-11-20)21(28)16-29-22(24-19-6-4-3-5-7-19)26-14-12-25(2)13-15-26/h3-11H,12-16H2,1-2H3,(H,23,27). The molecular weight excluding hydrogens is 384 g/mol. The number of Topliss-reactive ketones (excluding diaryl/α,β-unsaturated/α-hetero) is 1. The topological polar surface area (TPSA) is 65.0 Å². The molecule has 1 heterocycles. The number of hydrogen-bond acceptors (Lipinski definition) is 5. The highest BCUT2D eigenvalue weighted by Gasteiger charge is 2.19. The lowest BCUT2D eigenvalue weighted by atomic mass is 10.1. The second-order valence-electron chi connectivity index (χ2n) is 6.99. The predicted molar refractivity (Wildman–Crippen MR) is 120 cm³/mol. The van der Waals surface area contributed by atoms with Crippen LogP contribution in [0.5, 0.6) is 0 Å². The Morgan fingerprint density at radius 1 is 1.00 bits per heavy atom. The molecule has 1 amide bonds. The average Bonchev–Trinajstić information content (AvgIpc) is 2.72. The lowest BCUT2D eigenvalue weighted by molar-refractivity contribution is -0.114. The summed E-state index contributed by atoms with van der Waals surface area (Å²) < 4.78 is 0. The van der Waals surface area contributed by atoms with Crippen LogP contribution in [-0.4, -0.2) is 65.6 Å². The molecule has 6 nitrogen and oxygen atoms in total. The number of carbonyl (C=O) groups is 2. The number of carbonyl (C=O) groups excluding carboxylic acids is 2. The van der Waals surface area contributed by atoms with Gasteiger partial charge in [0.2, 0.25) is 5.91 Å². The Labute approximate surface area is 176 Å². The first-order chi connectivity index (χ1) is 14.0. The molecule has 7 heteroatoms. The Morgan fingerprint density at radius 2 is 1.66 bits per heavy atom. The third-order valence-corrected chi connectivity index (χ3v) is 5.63. The van der Waals surface area contributed by atoms with Crippen molar-refractivity contribution in [2.75, 3.05) is 44.3 Å². The molecule has 0 atom stereocenters. The van der Waals surface area contributed by atoms with Gasteiger partial charge in [0.15, 0.2) is 11.0 Å². The molecule has 0 saturated carbocycles. The number of anilines is 1. The Morgan fingerprint density at radius 3 is 2.28 bits per heavy atom. The van der Waals surface area contributed by atoms with Crippen LogP contribution in [0.4, 0.5) is 11.4 Å². The number of nitrogens with one attached hydrogen (secondary N) is 1. The van der Waals surface area contributed by atoms with Crippen molar-refractivity contribution < 1.29 is 9.59 Å². The normalized spacial score (nSPS) is 15.2. The van der Waals surface area contributed by atoms with Crippen LogP contribution in [-0.2, 0) is 4.79 Å². The van der Waals surface area contributed by atoms with E-state index < -0.39 is 0 Å². The quantitative estimate of drug-likeness (QED) is 0.464. The highest BCUT2D eigenvalue weighted by atomic mass is 32.2. The molecule has 2 aromatic rings. The zero-order valence-corrected chi connectivity index (χ0v) is 17.6. The second kappa shape index (κ2) is 10.2. The van der Waals surface area contributed by atoms with E-state index in [9.17, 15) is 9.59 Å². The summed E-state index contributed by atoms with van der Waals surface area (Å²) in [5, 5.41) is 3.59. The number of piperazine rings is 1. The lowest BCUT2D eigenvalue weighted by Crippen LogP contribution is -2.46. The molecular formula is C22H26N4O2S. The minimum absolute atomic E-state index is 0.0410. The van der Waals surface area contributed by atoms with Crippen molar-refractivity contribution in [3.63, 3.8) is 0 Å². The van der Waals surface area contributed by atoms with E-state index in [0.29, 0.717) is 17.0 Å². The van der Waals surface area contributed by atoms with Crippen molar-refractivity contribution in [2.45, 2.75) is 6.92 Å². The first-order valence-electron chi connectivity index (χ1n) is 9.62. The number of amidine groups is 1. The summed E-state index contributed by atoms with van der Waals surface area (Å²) in [6.45, 7) is 5.21. The van der Waals surface area contributed by atoms with E-state index in [1.54, 1.807) is 24.3 Å². The molecule has 0 bridgehead atoms. The Balaban J connectivity index is 1.68. The van der Waals surface area contributed by atoms with Crippen LogP contribution in [0.25, 0.3) is 0 Å². The maximum Gasteiger partial charge on any atom is 0.221 e. The van der Waals surface area contributed by atoms with Crippen molar-refractivity contribution in [2.24, 2.45) is 4.99 Å². The van der Waals surface area contributed by atoms with Gasteiger partial charge < -0.3 is 15.1 Å². The zero-order chi connectivity index (χ0) is 20.6. The monoisotopic (exact) mass is 410 g/mol. The van der Waals surface area contributed by atoms with Gasteiger partial charge in [-0.3, -0.25) is 9.59 Å². The Kier molecular flexibility index (Phi) is 7.43. The van der Waals surface area contributed by atoms with E-state index in [-0.39, 0.29) is 11.7 Å². The third kappa shape index (κ3) is 6.44. The molecule has 1 saturated heterocycles. The summed E-state index contributed by atoms with van der Waals surface area (Å²) in [5.74, 6) is 0.227. The number of nitrogens with zero attached hydrogens (tertiary/aromatic N) is 3. The van der Waals surface area contributed by atoms with Crippen LogP contribution < -0.4 is 5.32 Å². The minimum atomic E-state index is -0.131. The van der Waals surface area contributed by atoms with Gasteiger partial charge in [-0.15, -0.1) is 0 Å². The third-order valence-electron chi connectivity index (χ3n) is 4.61. The maximum atomic E-state index is 12.7. The molecule has 152 valence electrons. The van der Waals surface area contributed by atoms with E-state index in [0.717, 1.165) is 37.0 Å². The molecule has 0 radical (unpaired) electrons. The molecule has 2 aromatic carbocycles. The fourth-order valence-electron chi connectivity index (χ4n) is 2.96. The fraction of sp³-hybridized carbons (Fsp3) is 0.318. The van der Waals surface area contributed by atoms with Crippen molar-refractivity contribution in [1.29, 1.82) is 0 Å². The first kappa shape index (κ1) is 21.1. The smallest absolute Gasteiger partial charge is 0.221 e. The predicted octanol–water partition coefficient (Wildman–Crippen LogP) is 3.50. The van der Waals surface area contributed by atoms with E-state index in [2.05, 4.69) is 22.2 Å². The largest absolute Gasteiger partial charge is 0.349 e. The number of hydrogen-bond donors (Lipinski definition) is 1. The van der Waals surface area contributed by atoms with Crippen LogP contribution >= 0.6 is 11.8 Å². The molecule has 0 spiro atoms. The summed E-state index contributed by atoms with van der Waals surface area (Å²) in [5.41, 5.74) is 2.20. The van der Waals surface area contributed by atoms with Crippen molar-refractivity contribution >= 4 is 40.0 Å². The highest BCUT2D eigenvalue weighted by molar-refractivity contribution is 8.14. The molecule has 0 unspecified atom stereocenters. The van der Waals surface area contributed by atoms with Gasteiger partial charge in [-0.05, 0) is 43.4 Å². The number of para-hydroxylation sites is 1. The molecule has 1 fully saturated rings. The first-order valence-corrected chi connectivity index (χ1v) is 10.6. The van der Waals surface area contributed by atoms with Crippen LogP contribution in [0.2, 0.25) is 0 Å². The highest BCUT2D eigenvalue weighted by Crippen LogP contribution is 2.20. The van der Waals surface area contributed by atoms with E-state index in [1.165, 1.54) is 18.7 Å². The summed E-state index contributed by atoms with van der Waals surface area (Å²) in [6, 6.07) is 16.8. The van der Waals surface area contributed by atoms with Gasteiger partial charge in [-0.25, -0.2) is 4.99 Å². The number of thioether (sulfide) groups is 1. The maximum absolute atomic E-state index is 12.7. The molecule has 1 N–H and O–H groups in total. The van der Waals surface area contributed by atoms with Crippen molar-refractivity contribution in [3.8, 4) is 0 Å². The van der Waals surface area contributed by atoms with Crippen LogP contribution in [0.1, 0.15) is 17.3 Å². The van der Waals surface area contributed by atoms with Crippen LogP contribution in [0.15, 0.2) is 59.6 Å². The number of ketones is 1. The molecule has 1 aliphatic rings. The van der Waals surface area contributed by atoms with Crippen molar-refractivity contribution in [3.05, 3.63) is 60.2 Å². The number of aliphatic imine (C=N–C) groups is 1. The van der Waals surface area contributed by atoms with E-state index >= 15 is 0 Å². The summed E-state index contributed by atoms with van der Waals surface area (Å²) in [4.78, 5) is 33.2. The number of amides is 1. The second-order valence-corrected chi connectivity index (χ2v) is 7.93. The summed E-state index contributed by atoms with van der Waals surface area (Å²) >= 11 is 1.48. The molecule has 3 rings (SSSR count). The lowest BCUT2D eigenvalue weighted by Gasteiger charge is -2.34. The van der Waals surface area contributed by atoms with Gasteiger partial charge in [0.25, 0.3) is 0 Å². The van der Waals surface area contributed by atoms with E-state index in [4.69, 9.17) is 4.99 Å². The molecule has 0 aliphatic carbocycles. The van der Waals surface area contributed by atoms with Gasteiger partial charge >= 0.3 is 0 Å². The van der Waals surface area contributed by atoms with Gasteiger partial charge in [0.1, 0.15) is 0 Å². The summed E-state index contributed by atoms with van der Waals surface area (Å²) in [6.07, 6.45) is 0. The Hall–Kier alpha value is -2.64. The molecule has 0 aromatic heterocycles. The number of rotatable bonds is 5. The van der Waals surface area contributed by atoms with Gasteiger partial charge in [0, 0.05) is 44.4 Å². The van der Waals surface area contributed by atoms with Crippen molar-refractivity contribution in [1.82, 2.24) is 9.80 Å². The molecule has 29 heavy (non-hydrogen) atoms. The van der Waals surface area contributed by atoms with E-state index in [1.807, 2.05) is 30.3 Å². The number of benzene rings is 2. The SMILES string of the molecule is CC(=O)Nc1ccc(C(=O)CSC(=Nc2ccccc2)N2CCN(C)CC2)cc1. The van der Waals surface area contributed by atoms with Gasteiger partial charge in [-0.2, -0.15) is 0 Å². The van der Waals surface area contributed by atoms with Crippen LogP contribution in [0, 0.1) is 0 Å². The Bertz CT molecular complexity index is 860. The average molecular weight is 411 g/mol. The minimum Gasteiger partial charge on any atom is -0.349 e. The fourth-order valence-corrected chi connectivity index (χ4v) is 3.92.